The molecule has 0 heterocycles. The Morgan fingerprint density at radius 3 is 2.43 bits per heavy atom. The minimum absolute atomic E-state index is 0.106. The largest absolute Gasteiger partial charge is 0.494 e. The Bertz CT molecular complexity index is 611. The summed E-state index contributed by atoms with van der Waals surface area (Å²) in [7, 11) is 0. The Labute approximate surface area is 141 Å². The summed E-state index contributed by atoms with van der Waals surface area (Å²) in [6.45, 7) is 1.20. The van der Waals surface area contributed by atoms with Crippen LogP contribution in [0.25, 0.3) is 0 Å². The molecule has 0 aromatic heterocycles. The highest BCUT2D eigenvalue weighted by atomic mass is 35.5. The van der Waals surface area contributed by atoms with Crippen LogP contribution in [0.3, 0.4) is 0 Å². The molecule has 4 nitrogen and oxygen atoms in total. The van der Waals surface area contributed by atoms with Crippen LogP contribution in [0.1, 0.15) is 22.3 Å². The maximum absolute atomic E-state index is 12.0. The van der Waals surface area contributed by atoms with Crippen molar-refractivity contribution in [2.75, 3.05) is 19.8 Å². The molecule has 0 atom stereocenters. The van der Waals surface area contributed by atoms with Crippen molar-refractivity contribution < 1.29 is 14.6 Å². The fraction of sp³-hybridized carbons (Fsp3) is 0.278. The van der Waals surface area contributed by atoms with Gasteiger partial charge < -0.3 is 15.2 Å². The van der Waals surface area contributed by atoms with Crippen LogP contribution >= 0.6 is 11.6 Å². The molecular formula is C18H20ClNO3. The highest BCUT2D eigenvalue weighted by molar-refractivity contribution is 6.30. The zero-order chi connectivity index (χ0) is 16.5. The van der Waals surface area contributed by atoms with Crippen molar-refractivity contribution in [3.05, 3.63) is 64.7 Å². The zero-order valence-corrected chi connectivity index (χ0v) is 13.6. The molecule has 0 aliphatic heterocycles. The Morgan fingerprint density at radius 2 is 1.78 bits per heavy atom. The van der Waals surface area contributed by atoms with Crippen LogP contribution in [0.4, 0.5) is 0 Å². The predicted molar refractivity (Wildman–Crippen MR) is 91.1 cm³/mol. The average Bonchev–Trinajstić information content (AvgIpc) is 2.57. The molecule has 0 fully saturated rings. The number of carbonyl (C=O) groups excluding carboxylic acids is 1. The first-order valence-corrected chi connectivity index (χ1v) is 7.93. The zero-order valence-electron chi connectivity index (χ0n) is 12.8. The number of hydrogen-bond donors (Lipinski definition) is 2. The summed E-state index contributed by atoms with van der Waals surface area (Å²) in [5.41, 5.74) is 1.72. The smallest absolute Gasteiger partial charge is 0.251 e. The molecule has 0 aliphatic rings. The van der Waals surface area contributed by atoms with E-state index in [1.165, 1.54) is 0 Å². The van der Waals surface area contributed by atoms with Crippen molar-refractivity contribution in [1.29, 1.82) is 0 Å². The Hall–Kier alpha value is -2.04. The summed E-state index contributed by atoms with van der Waals surface area (Å²) in [5, 5.41) is 12.2. The van der Waals surface area contributed by atoms with E-state index in [1.807, 2.05) is 24.3 Å². The maximum atomic E-state index is 12.0. The van der Waals surface area contributed by atoms with Crippen LogP contribution in [0.15, 0.2) is 48.5 Å². The number of carbonyl (C=O) groups is 1. The topological polar surface area (TPSA) is 58.6 Å². The van der Waals surface area contributed by atoms with E-state index < -0.39 is 0 Å². The fourth-order valence-electron chi connectivity index (χ4n) is 2.03. The summed E-state index contributed by atoms with van der Waals surface area (Å²) in [6.07, 6.45) is 1.37. The average molecular weight is 334 g/mol. The van der Waals surface area contributed by atoms with Gasteiger partial charge in [-0.3, -0.25) is 4.79 Å². The lowest BCUT2D eigenvalue weighted by atomic mass is 10.1. The van der Waals surface area contributed by atoms with Gasteiger partial charge in [-0.05, 0) is 48.4 Å². The highest BCUT2D eigenvalue weighted by Gasteiger charge is 2.04. The lowest BCUT2D eigenvalue weighted by Gasteiger charge is -2.08. The van der Waals surface area contributed by atoms with Gasteiger partial charge >= 0.3 is 0 Å². The number of hydrogen-bond acceptors (Lipinski definition) is 3. The third-order valence-electron chi connectivity index (χ3n) is 3.30. The Morgan fingerprint density at radius 1 is 1.09 bits per heavy atom. The van der Waals surface area contributed by atoms with Crippen LogP contribution in [0.2, 0.25) is 5.02 Å². The Kier molecular flexibility index (Phi) is 6.91. The van der Waals surface area contributed by atoms with E-state index in [0.717, 1.165) is 17.7 Å². The third kappa shape index (κ3) is 5.93. The molecular weight excluding hydrogens is 314 g/mol. The van der Waals surface area contributed by atoms with Crippen molar-refractivity contribution in [2.24, 2.45) is 0 Å². The van der Waals surface area contributed by atoms with Crippen molar-refractivity contribution >= 4 is 17.5 Å². The van der Waals surface area contributed by atoms with Gasteiger partial charge in [-0.25, -0.2) is 0 Å². The van der Waals surface area contributed by atoms with Crippen LogP contribution in [0.5, 0.6) is 5.75 Å². The minimum atomic E-state index is -0.106. The second-order valence-corrected chi connectivity index (χ2v) is 5.52. The van der Waals surface area contributed by atoms with Crippen LogP contribution in [-0.2, 0) is 6.42 Å². The number of ether oxygens (including phenoxy) is 1. The van der Waals surface area contributed by atoms with Gasteiger partial charge in [-0.1, -0.05) is 23.7 Å². The van der Waals surface area contributed by atoms with Crippen LogP contribution < -0.4 is 10.1 Å². The molecule has 23 heavy (non-hydrogen) atoms. The fourth-order valence-corrected chi connectivity index (χ4v) is 2.16. The molecule has 0 bridgehead atoms. The summed E-state index contributed by atoms with van der Waals surface area (Å²) in [4.78, 5) is 12.0. The monoisotopic (exact) mass is 333 g/mol. The first kappa shape index (κ1) is 17.3. The third-order valence-corrected chi connectivity index (χ3v) is 3.55. The first-order valence-electron chi connectivity index (χ1n) is 7.55. The maximum Gasteiger partial charge on any atom is 0.251 e. The molecule has 0 saturated carbocycles. The van der Waals surface area contributed by atoms with Crippen LogP contribution in [0, 0.1) is 0 Å². The van der Waals surface area contributed by atoms with E-state index in [-0.39, 0.29) is 12.5 Å². The number of benzene rings is 2. The van der Waals surface area contributed by atoms with E-state index in [1.54, 1.807) is 24.3 Å². The summed E-state index contributed by atoms with van der Waals surface area (Å²) < 4.78 is 5.47. The molecule has 0 radical (unpaired) electrons. The number of halogens is 1. The van der Waals surface area contributed by atoms with E-state index in [2.05, 4.69) is 5.32 Å². The van der Waals surface area contributed by atoms with Crippen molar-refractivity contribution in [3.8, 4) is 5.75 Å². The van der Waals surface area contributed by atoms with Gasteiger partial charge in [0.1, 0.15) is 5.75 Å². The molecule has 122 valence electrons. The number of rotatable bonds is 8. The van der Waals surface area contributed by atoms with E-state index in [9.17, 15) is 4.79 Å². The lowest BCUT2D eigenvalue weighted by Crippen LogP contribution is -2.25. The molecule has 0 saturated heterocycles. The number of aliphatic hydroxyl groups excluding tert-OH is 1. The molecule has 2 rings (SSSR count). The number of aliphatic hydroxyl groups is 1. The van der Waals surface area contributed by atoms with Gasteiger partial charge in [0.15, 0.2) is 0 Å². The van der Waals surface area contributed by atoms with Gasteiger partial charge in [0.05, 0.1) is 6.61 Å². The lowest BCUT2D eigenvalue weighted by molar-refractivity contribution is 0.0954. The first-order chi connectivity index (χ1) is 11.2. The van der Waals surface area contributed by atoms with E-state index in [0.29, 0.717) is 30.2 Å². The summed E-state index contributed by atoms with van der Waals surface area (Å²) in [6, 6.07) is 14.6. The van der Waals surface area contributed by atoms with Gasteiger partial charge in [0, 0.05) is 30.2 Å². The van der Waals surface area contributed by atoms with Crippen molar-refractivity contribution in [1.82, 2.24) is 5.32 Å². The summed E-state index contributed by atoms with van der Waals surface area (Å²) >= 11 is 5.80. The highest BCUT2D eigenvalue weighted by Crippen LogP contribution is 2.13. The molecule has 2 aromatic carbocycles. The second kappa shape index (κ2) is 9.18. The molecule has 2 aromatic rings. The number of amides is 1. The van der Waals surface area contributed by atoms with Crippen LogP contribution in [-0.4, -0.2) is 30.8 Å². The quantitative estimate of drug-likeness (QED) is 0.730. The molecule has 0 aliphatic carbocycles. The number of nitrogens with one attached hydrogen (secondary N) is 1. The SMILES string of the molecule is O=C(NCCc1ccc(OCCCO)cc1)c1ccc(Cl)cc1. The van der Waals surface area contributed by atoms with Crippen molar-refractivity contribution in [2.45, 2.75) is 12.8 Å². The second-order valence-electron chi connectivity index (χ2n) is 5.08. The summed E-state index contributed by atoms with van der Waals surface area (Å²) in [5.74, 6) is 0.679. The van der Waals surface area contributed by atoms with Gasteiger partial charge in [-0.2, -0.15) is 0 Å². The predicted octanol–water partition coefficient (Wildman–Crippen LogP) is 3.07. The van der Waals surface area contributed by atoms with Crippen molar-refractivity contribution in [3.63, 3.8) is 0 Å². The molecule has 5 heteroatoms. The van der Waals surface area contributed by atoms with E-state index >= 15 is 0 Å². The van der Waals surface area contributed by atoms with Gasteiger partial charge in [0.25, 0.3) is 5.91 Å². The molecule has 0 unspecified atom stereocenters. The van der Waals surface area contributed by atoms with Gasteiger partial charge in [0.2, 0.25) is 0 Å². The molecule has 0 spiro atoms. The van der Waals surface area contributed by atoms with Gasteiger partial charge in [-0.15, -0.1) is 0 Å². The van der Waals surface area contributed by atoms with E-state index in [4.69, 9.17) is 21.4 Å². The Balaban J connectivity index is 1.75. The molecule has 2 N–H and O–H groups in total. The normalized spacial score (nSPS) is 10.3. The standard InChI is InChI=1S/C18H20ClNO3/c19-16-6-4-15(5-7-16)18(22)20-11-10-14-2-8-17(9-3-14)23-13-1-12-21/h2-9,21H,1,10-13H2,(H,20,22). The minimum Gasteiger partial charge on any atom is -0.494 e. The molecule has 1 amide bonds.